The van der Waals surface area contributed by atoms with Crippen molar-refractivity contribution in [3.63, 3.8) is 0 Å². The lowest BCUT2D eigenvalue weighted by Crippen LogP contribution is -2.30. The average molecular weight is 440 g/mol. The molecule has 0 unspecified atom stereocenters. The van der Waals surface area contributed by atoms with Crippen LogP contribution in [0.25, 0.3) is 11.5 Å². The van der Waals surface area contributed by atoms with Crippen LogP contribution >= 0.6 is 11.6 Å². The third kappa shape index (κ3) is 4.08. The molecule has 0 spiro atoms. The van der Waals surface area contributed by atoms with E-state index in [4.69, 9.17) is 16.0 Å². The van der Waals surface area contributed by atoms with E-state index >= 15 is 0 Å². The van der Waals surface area contributed by atoms with E-state index in [9.17, 15) is 8.42 Å². The Kier molecular flexibility index (Phi) is 5.57. The van der Waals surface area contributed by atoms with Crippen LogP contribution in [0.4, 0.5) is 5.69 Å². The molecule has 152 valence electrons. The monoisotopic (exact) mass is 439 g/mol. The molecule has 4 rings (SSSR count). The molecular weight excluding hydrogens is 422 g/mol. The van der Waals surface area contributed by atoms with Crippen molar-refractivity contribution in [2.75, 3.05) is 4.31 Å². The Morgan fingerprint density at radius 2 is 1.57 bits per heavy atom. The molecule has 3 aromatic carbocycles. The predicted molar refractivity (Wildman–Crippen MR) is 116 cm³/mol. The smallest absolute Gasteiger partial charge is 0.264 e. The summed E-state index contributed by atoms with van der Waals surface area (Å²) in [5.41, 5.74) is 2.06. The Morgan fingerprint density at radius 1 is 0.900 bits per heavy atom. The van der Waals surface area contributed by atoms with Gasteiger partial charge in [-0.15, -0.1) is 10.2 Å². The molecular formula is C22H18ClN3O3S. The molecule has 0 aliphatic heterocycles. The predicted octanol–water partition coefficient (Wildman–Crippen LogP) is 5.09. The molecule has 0 saturated heterocycles. The minimum absolute atomic E-state index is 0.113. The second-order valence-corrected chi connectivity index (χ2v) is 8.91. The number of aromatic nitrogens is 2. The summed E-state index contributed by atoms with van der Waals surface area (Å²) in [6.45, 7) is 1.79. The second kappa shape index (κ2) is 8.30. The van der Waals surface area contributed by atoms with Gasteiger partial charge in [-0.25, -0.2) is 8.42 Å². The van der Waals surface area contributed by atoms with Gasteiger partial charge in [0.05, 0.1) is 21.2 Å². The first-order valence-corrected chi connectivity index (χ1v) is 11.0. The summed E-state index contributed by atoms with van der Waals surface area (Å²) in [5.74, 6) is 0.390. The van der Waals surface area contributed by atoms with E-state index in [-0.39, 0.29) is 23.2 Å². The molecule has 30 heavy (non-hydrogen) atoms. The maximum Gasteiger partial charge on any atom is 0.264 e. The highest BCUT2D eigenvalue weighted by molar-refractivity contribution is 7.92. The van der Waals surface area contributed by atoms with Crippen molar-refractivity contribution in [1.29, 1.82) is 0 Å². The van der Waals surface area contributed by atoms with Crippen molar-refractivity contribution in [2.24, 2.45) is 0 Å². The van der Waals surface area contributed by atoms with Crippen LogP contribution in [0.3, 0.4) is 0 Å². The molecule has 1 heterocycles. The Labute approximate surface area is 179 Å². The van der Waals surface area contributed by atoms with Crippen LogP contribution in [0.2, 0.25) is 5.02 Å². The zero-order valence-electron chi connectivity index (χ0n) is 16.1. The molecule has 0 aliphatic carbocycles. The molecule has 6 nitrogen and oxygen atoms in total. The van der Waals surface area contributed by atoms with E-state index in [1.165, 1.54) is 4.31 Å². The van der Waals surface area contributed by atoms with E-state index in [0.717, 1.165) is 5.56 Å². The average Bonchev–Trinajstić information content (AvgIpc) is 3.22. The fourth-order valence-electron chi connectivity index (χ4n) is 2.93. The minimum atomic E-state index is -3.85. The third-order valence-electron chi connectivity index (χ3n) is 4.50. The summed E-state index contributed by atoms with van der Waals surface area (Å²) in [7, 11) is -3.85. The normalized spacial score (nSPS) is 11.4. The van der Waals surface area contributed by atoms with Crippen LogP contribution in [0, 0.1) is 6.92 Å². The van der Waals surface area contributed by atoms with E-state index in [0.29, 0.717) is 16.3 Å². The largest absolute Gasteiger partial charge is 0.419 e. The lowest BCUT2D eigenvalue weighted by atomic mass is 10.2. The van der Waals surface area contributed by atoms with Crippen LogP contribution in [0.5, 0.6) is 0 Å². The van der Waals surface area contributed by atoms with Crippen LogP contribution in [-0.2, 0) is 16.6 Å². The summed E-state index contributed by atoms with van der Waals surface area (Å²) in [6.07, 6.45) is 0. The third-order valence-corrected chi connectivity index (χ3v) is 6.62. The molecule has 8 heteroatoms. The van der Waals surface area contributed by atoms with Crippen molar-refractivity contribution >= 4 is 27.3 Å². The number of nitrogens with zero attached hydrogens (tertiary/aromatic N) is 3. The second-order valence-electron chi connectivity index (χ2n) is 6.64. The van der Waals surface area contributed by atoms with Crippen molar-refractivity contribution in [3.05, 3.63) is 95.3 Å². The summed E-state index contributed by atoms with van der Waals surface area (Å²) in [5, 5.41) is 8.55. The van der Waals surface area contributed by atoms with Crippen molar-refractivity contribution in [3.8, 4) is 11.5 Å². The molecule has 0 N–H and O–H groups in total. The highest BCUT2D eigenvalue weighted by Crippen LogP contribution is 2.29. The number of anilines is 1. The first kappa shape index (κ1) is 20.1. The molecule has 0 atom stereocenters. The minimum Gasteiger partial charge on any atom is -0.419 e. The first-order valence-electron chi connectivity index (χ1n) is 9.17. The van der Waals surface area contributed by atoms with Gasteiger partial charge in [-0.3, -0.25) is 4.31 Å². The number of sulfonamides is 1. The van der Waals surface area contributed by atoms with Crippen molar-refractivity contribution < 1.29 is 12.8 Å². The van der Waals surface area contributed by atoms with Gasteiger partial charge in [-0.1, -0.05) is 59.6 Å². The van der Waals surface area contributed by atoms with Crippen molar-refractivity contribution in [1.82, 2.24) is 10.2 Å². The van der Waals surface area contributed by atoms with E-state index < -0.39 is 10.0 Å². The lowest BCUT2D eigenvalue weighted by Gasteiger charge is -2.23. The maximum atomic E-state index is 13.4. The summed E-state index contributed by atoms with van der Waals surface area (Å²) in [6, 6.07) is 22.6. The Morgan fingerprint density at radius 3 is 2.27 bits per heavy atom. The van der Waals surface area contributed by atoms with Gasteiger partial charge in [0.25, 0.3) is 10.0 Å². The lowest BCUT2D eigenvalue weighted by molar-refractivity contribution is 0.505. The van der Waals surface area contributed by atoms with Crippen LogP contribution in [-0.4, -0.2) is 18.6 Å². The van der Waals surface area contributed by atoms with Crippen LogP contribution in [0.1, 0.15) is 11.5 Å². The Bertz CT molecular complexity index is 1260. The highest BCUT2D eigenvalue weighted by Gasteiger charge is 2.27. The SMILES string of the molecule is Cc1ccc(S(=O)(=O)N(Cc2nnc(-c3ccccc3Cl)o2)c2ccccc2)cc1. The number of rotatable bonds is 6. The molecule has 1 aromatic heterocycles. The number of para-hydroxylation sites is 1. The van der Waals surface area contributed by atoms with Gasteiger partial charge in [-0.05, 0) is 43.3 Å². The van der Waals surface area contributed by atoms with Gasteiger partial charge in [-0.2, -0.15) is 0 Å². The van der Waals surface area contributed by atoms with Crippen LogP contribution in [0.15, 0.2) is 88.2 Å². The Hall–Kier alpha value is -3.16. The summed E-state index contributed by atoms with van der Waals surface area (Å²) >= 11 is 6.20. The number of aryl methyl sites for hydroxylation is 1. The van der Waals surface area contributed by atoms with Gasteiger partial charge >= 0.3 is 0 Å². The molecule has 0 aliphatic rings. The number of benzene rings is 3. The maximum absolute atomic E-state index is 13.4. The molecule has 0 amide bonds. The molecule has 0 fully saturated rings. The Balaban J connectivity index is 1.72. The topological polar surface area (TPSA) is 76.3 Å². The van der Waals surface area contributed by atoms with Crippen molar-refractivity contribution in [2.45, 2.75) is 18.4 Å². The van der Waals surface area contributed by atoms with Crippen LogP contribution < -0.4 is 4.31 Å². The quantitative estimate of drug-likeness (QED) is 0.418. The van der Waals surface area contributed by atoms with Gasteiger partial charge in [0.2, 0.25) is 11.8 Å². The fraction of sp³-hybridized carbons (Fsp3) is 0.0909. The fourth-order valence-corrected chi connectivity index (χ4v) is 4.56. The number of hydrogen-bond acceptors (Lipinski definition) is 5. The first-order chi connectivity index (χ1) is 14.4. The molecule has 0 radical (unpaired) electrons. The zero-order chi connectivity index (χ0) is 21.1. The van der Waals surface area contributed by atoms with Gasteiger partial charge < -0.3 is 4.42 Å². The van der Waals surface area contributed by atoms with Gasteiger partial charge in [0.1, 0.15) is 6.54 Å². The number of halogens is 1. The highest BCUT2D eigenvalue weighted by atomic mass is 35.5. The standard InChI is InChI=1S/C22H18ClN3O3S/c1-16-11-13-18(14-12-16)30(27,28)26(17-7-3-2-4-8-17)15-21-24-25-22(29-21)19-9-5-6-10-20(19)23/h2-14H,15H2,1H3. The molecule has 4 aromatic rings. The summed E-state index contributed by atoms with van der Waals surface area (Å²) < 4.78 is 33.8. The molecule has 0 saturated carbocycles. The molecule has 0 bridgehead atoms. The van der Waals surface area contributed by atoms with Gasteiger partial charge in [0.15, 0.2) is 0 Å². The van der Waals surface area contributed by atoms with E-state index in [2.05, 4.69) is 10.2 Å². The summed E-state index contributed by atoms with van der Waals surface area (Å²) in [4.78, 5) is 0.183. The zero-order valence-corrected chi connectivity index (χ0v) is 17.6. The number of hydrogen-bond donors (Lipinski definition) is 0. The van der Waals surface area contributed by atoms with E-state index in [1.54, 1.807) is 66.7 Å². The van der Waals surface area contributed by atoms with E-state index in [1.807, 2.05) is 19.1 Å². The van der Waals surface area contributed by atoms with Gasteiger partial charge in [0, 0.05) is 0 Å².